The monoisotopic (exact) mass is 303 g/mol. The van der Waals surface area contributed by atoms with E-state index in [1.807, 2.05) is 6.92 Å². The number of nitrogens with two attached hydrogens (primary N) is 1. The Hall–Kier alpha value is -1.63. The molecule has 0 radical (unpaired) electrons. The number of alkyl halides is 3. The molecule has 4 nitrogen and oxygen atoms in total. The fourth-order valence-corrected chi connectivity index (χ4v) is 1.98. The van der Waals surface area contributed by atoms with Crippen LogP contribution in [0.5, 0.6) is 0 Å². The maximum Gasteiger partial charge on any atom is 0.433 e. The molecule has 21 heavy (non-hydrogen) atoms. The van der Waals surface area contributed by atoms with E-state index in [-0.39, 0.29) is 11.6 Å². The fraction of sp³-hybridized carbons (Fsp3) is 0.571. The molecule has 1 aromatic heterocycles. The van der Waals surface area contributed by atoms with Crippen molar-refractivity contribution in [3.05, 3.63) is 24.0 Å². The molecule has 0 aliphatic rings. The summed E-state index contributed by atoms with van der Waals surface area (Å²) in [5, 5.41) is 2.54. The van der Waals surface area contributed by atoms with E-state index in [0.29, 0.717) is 25.3 Å². The summed E-state index contributed by atoms with van der Waals surface area (Å²) in [5.41, 5.74) is 4.77. The molecule has 0 fully saturated rings. The Bertz CT molecular complexity index is 446. The molecule has 0 aromatic carbocycles. The van der Waals surface area contributed by atoms with Crippen LogP contribution in [0.1, 0.15) is 38.3 Å². The van der Waals surface area contributed by atoms with Crippen molar-refractivity contribution in [3.63, 3.8) is 0 Å². The molecule has 3 N–H and O–H groups in total. The third kappa shape index (κ3) is 6.12. The van der Waals surface area contributed by atoms with Crippen molar-refractivity contribution < 1.29 is 18.0 Å². The summed E-state index contributed by atoms with van der Waals surface area (Å²) in [4.78, 5) is 15.0. The van der Waals surface area contributed by atoms with Gasteiger partial charge in [-0.25, -0.2) is 4.98 Å². The summed E-state index contributed by atoms with van der Waals surface area (Å²) in [5.74, 6) is 0.165. The molecule has 0 aliphatic carbocycles. The number of halogens is 3. The molecule has 118 valence electrons. The van der Waals surface area contributed by atoms with E-state index >= 15 is 0 Å². The van der Waals surface area contributed by atoms with Gasteiger partial charge in [0.25, 0.3) is 0 Å². The van der Waals surface area contributed by atoms with Crippen molar-refractivity contribution in [1.29, 1.82) is 0 Å². The van der Waals surface area contributed by atoms with Crippen molar-refractivity contribution in [2.75, 3.05) is 11.9 Å². The fourth-order valence-electron chi connectivity index (χ4n) is 1.98. The minimum absolute atomic E-state index is 0.230. The lowest BCUT2D eigenvalue weighted by Gasteiger charge is -2.13. The summed E-state index contributed by atoms with van der Waals surface area (Å²) in [6, 6.07) is 2.05. The minimum Gasteiger partial charge on any atom is -0.330 e. The second-order valence-electron chi connectivity index (χ2n) is 4.87. The van der Waals surface area contributed by atoms with Gasteiger partial charge < -0.3 is 11.1 Å². The Labute approximate surface area is 121 Å². The van der Waals surface area contributed by atoms with Crippen LogP contribution in [0.15, 0.2) is 18.3 Å². The number of rotatable bonds is 7. The molecule has 0 bridgehead atoms. The van der Waals surface area contributed by atoms with Crippen LogP contribution in [0.25, 0.3) is 0 Å². The highest BCUT2D eigenvalue weighted by atomic mass is 19.4. The van der Waals surface area contributed by atoms with Crippen molar-refractivity contribution in [2.24, 2.45) is 11.7 Å². The van der Waals surface area contributed by atoms with E-state index in [0.717, 1.165) is 25.1 Å². The Morgan fingerprint density at radius 2 is 2.10 bits per heavy atom. The number of amides is 1. The molecule has 1 atom stereocenters. The van der Waals surface area contributed by atoms with Gasteiger partial charge in [-0.15, -0.1) is 0 Å². The maximum atomic E-state index is 12.3. The molecule has 1 aromatic rings. The number of anilines is 1. The third-order valence-electron chi connectivity index (χ3n) is 3.27. The zero-order valence-electron chi connectivity index (χ0n) is 11.9. The molecule has 1 heterocycles. The van der Waals surface area contributed by atoms with E-state index in [2.05, 4.69) is 10.3 Å². The predicted molar refractivity (Wildman–Crippen MR) is 74.6 cm³/mol. The van der Waals surface area contributed by atoms with Crippen LogP contribution >= 0.6 is 0 Å². The molecular weight excluding hydrogens is 283 g/mol. The molecule has 0 saturated carbocycles. The first-order valence-electron chi connectivity index (χ1n) is 6.90. The summed E-state index contributed by atoms with van der Waals surface area (Å²) in [6.45, 7) is 2.63. The normalized spacial score (nSPS) is 13.0. The van der Waals surface area contributed by atoms with Crippen LogP contribution in [-0.2, 0) is 11.0 Å². The van der Waals surface area contributed by atoms with Crippen molar-refractivity contribution >= 4 is 11.6 Å². The van der Waals surface area contributed by atoms with E-state index in [9.17, 15) is 18.0 Å². The van der Waals surface area contributed by atoms with Gasteiger partial charge in [0.05, 0.1) is 11.9 Å². The lowest BCUT2D eigenvalue weighted by atomic mass is 9.96. The quantitative estimate of drug-likeness (QED) is 0.813. The van der Waals surface area contributed by atoms with Gasteiger partial charge in [-0.05, 0) is 37.4 Å². The first kappa shape index (κ1) is 17.4. The smallest absolute Gasteiger partial charge is 0.330 e. The molecule has 0 aliphatic heterocycles. The molecule has 1 unspecified atom stereocenters. The average molecular weight is 303 g/mol. The second-order valence-corrected chi connectivity index (χ2v) is 4.87. The topological polar surface area (TPSA) is 68.0 Å². The number of aromatic nitrogens is 1. The van der Waals surface area contributed by atoms with E-state index in [4.69, 9.17) is 5.73 Å². The Kier molecular flexibility index (Phi) is 6.61. The highest BCUT2D eigenvalue weighted by molar-refractivity contribution is 5.90. The minimum atomic E-state index is -4.47. The lowest BCUT2D eigenvalue weighted by molar-refractivity contribution is -0.141. The van der Waals surface area contributed by atoms with Gasteiger partial charge in [-0.3, -0.25) is 4.79 Å². The molecular formula is C14H20F3N3O. The molecule has 7 heteroatoms. The van der Waals surface area contributed by atoms with Crippen LogP contribution in [0.2, 0.25) is 0 Å². The first-order valence-corrected chi connectivity index (χ1v) is 6.90. The van der Waals surface area contributed by atoms with Crippen molar-refractivity contribution in [1.82, 2.24) is 4.98 Å². The lowest BCUT2D eigenvalue weighted by Crippen LogP contribution is -2.15. The summed E-state index contributed by atoms with van der Waals surface area (Å²) in [7, 11) is 0. The molecule has 1 rings (SSSR count). The van der Waals surface area contributed by atoms with Gasteiger partial charge in [0.1, 0.15) is 5.69 Å². The van der Waals surface area contributed by atoms with Gasteiger partial charge in [-0.1, -0.05) is 13.3 Å². The molecule has 0 spiro atoms. The number of carbonyl (C=O) groups is 1. The Morgan fingerprint density at radius 3 is 2.57 bits per heavy atom. The van der Waals surface area contributed by atoms with Crippen LogP contribution in [-0.4, -0.2) is 17.4 Å². The van der Waals surface area contributed by atoms with Crippen molar-refractivity contribution in [3.8, 4) is 0 Å². The van der Waals surface area contributed by atoms with Crippen LogP contribution < -0.4 is 11.1 Å². The number of nitrogens with zero attached hydrogens (tertiary/aromatic N) is 1. The average Bonchev–Trinajstić information content (AvgIpc) is 2.43. The largest absolute Gasteiger partial charge is 0.433 e. The van der Waals surface area contributed by atoms with Gasteiger partial charge in [0, 0.05) is 6.42 Å². The maximum absolute atomic E-state index is 12.3. The van der Waals surface area contributed by atoms with E-state index < -0.39 is 11.9 Å². The Balaban J connectivity index is 2.48. The van der Waals surface area contributed by atoms with Crippen LogP contribution in [0.4, 0.5) is 18.9 Å². The van der Waals surface area contributed by atoms with E-state index in [1.165, 1.54) is 6.07 Å². The summed E-state index contributed by atoms with van der Waals surface area (Å²) in [6.07, 6.45) is -0.609. The van der Waals surface area contributed by atoms with E-state index in [1.54, 1.807) is 0 Å². The number of pyridine rings is 1. The zero-order valence-corrected chi connectivity index (χ0v) is 11.9. The number of hydrogen-bond donors (Lipinski definition) is 2. The number of hydrogen-bond acceptors (Lipinski definition) is 3. The molecule has 1 amide bonds. The van der Waals surface area contributed by atoms with Crippen LogP contribution in [0.3, 0.4) is 0 Å². The van der Waals surface area contributed by atoms with Gasteiger partial charge >= 0.3 is 6.18 Å². The Morgan fingerprint density at radius 1 is 1.38 bits per heavy atom. The number of carbonyl (C=O) groups excluding carboxylic acids is 1. The van der Waals surface area contributed by atoms with Crippen molar-refractivity contribution in [2.45, 2.75) is 38.8 Å². The highest BCUT2D eigenvalue weighted by Crippen LogP contribution is 2.27. The highest BCUT2D eigenvalue weighted by Gasteiger charge is 2.32. The van der Waals surface area contributed by atoms with Gasteiger partial charge in [-0.2, -0.15) is 13.2 Å². The van der Waals surface area contributed by atoms with Gasteiger partial charge in [0.15, 0.2) is 0 Å². The standard InChI is InChI=1S/C14H20F3N3O/c1-2-10(7-8-18)3-6-13(21)20-11-4-5-12(19-9-11)14(15,16)17/h4-5,9-10H,2-3,6-8,18H2,1H3,(H,20,21). The first-order chi connectivity index (χ1) is 9.86. The second kappa shape index (κ2) is 7.97. The van der Waals surface area contributed by atoms with Gasteiger partial charge in [0.2, 0.25) is 5.91 Å². The third-order valence-corrected chi connectivity index (χ3v) is 3.27. The SMILES string of the molecule is CCC(CCN)CCC(=O)Nc1ccc(C(F)(F)F)nc1. The van der Waals surface area contributed by atoms with Crippen LogP contribution in [0, 0.1) is 5.92 Å². The molecule has 0 saturated heterocycles. The zero-order chi connectivity index (χ0) is 15.9. The summed E-state index contributed by atoms with van der Waals surface area (Å²) < 4.78 is 37.0. The predicted octanol–water partition coefficient (Wildman–Crippen LogP) is 3.19. The number of nitrogens with one attached hydrogen (secondary N) is 1. The summed E-state index contributed by atoms with van der Waals surface area (Å²) >= 11 is 0.